The monoisotopic (exact) mass is 257 g/mol. The Morgan fingerprint density at radius 2 is 1.88 bits per heavy atom. The zero-order chi connectivity index (χ0) is 12.3. The highest BCUT2D eigenvalue weighted by atomic mass is 35.5. The van der Waals surface area contributed by atoms with Crippen molar-refractivity contribution < 1.29 is 9.47 Å². The van der Waals surface area contributed by atoms with Gasteiger partial charge in [-0.05, 0) is 24.1 Å². The van der Waals surface area contributed by atoms with Crippen LogP contribution in [0.3, 0.4) is 0 Å². The Bertz CT molecular complexity index is 290. The quantitative estimate of drug-likeness (QED) is 0.690. The number of benzene rings is 1. The third-order valence-electron chi connectivity index (χ3n) is 2.30. The van der Waals surface area contributed by atoms with Crippen LogP contribution in [0.1, 0.15) is 12.0 Å². The molecule has 4 heteroatoms. The molecule has 0 atom stereocenters. The van der Waals surface area contributed by atoms with E-state index >= 15 is 0 Å². The number of hydrogen-bond acceptors (Lipinski definition) is 3. The molecule has 96 valence electrons. The van der Waals surface area contributed by atoms with Gasteiger partial charge in [-0.2, -0.15) is 0 Å². The minimum atomic E-state index is 0.733. The molecular weight excluding hydrogens is 238 g/mol. The molecule has 1 aromatic carbocycles. The summed E-state index contributed by atoms with van der Waals surface area (Å²) in [5.41, 5.74) is 1.23. The second-order valence-electron chi connectivity index (χ2n) is 3.76. The molecule has 1 rings (SSSR count). The lowest BCUT2D eigenvalue weighted by Gasteiger charge is -2.06. The molecule has 3 nitrogen and oxygen atoms in total. The first-order valence-corrected chi connectivity index (χ1v) is 6.22. The van der Waals surface area contributed by atoms with Crippen LogP contribution in [0, 0.1) is 0 Å². The molecule has 0 radical (unpaired) electrons. The van der Waals surface area contributed by atoms with E-state index in [9.17, 15) is 0 Å². The smallest absolute Gasteiger partial charge is 0.0591 e. The third-order valence-corrected chi connectivity index (χ3v) is 2.55. The molecule has 0 bridgehead atoms. The maximum absolute atomic E-state index is 5.81. The molecule has 0 amide bonds. The van der Waals surface area contributed by atoms with E-state index in [4.69, 9.17) is 21.1 Å². The minimum Gasteiger partial charge on any atom is -0.385 e. The Morgan fingerprint density at radius 1 is 1.12 bits per heavy atom. The molecule has 0 aliphatic carbocycles. The molecule has 1 N–H and O–H groups in total. The molecule has 0 aliphatic heterocycles. The fourth-order valence-electron chi connectivity index (χ4n) is 1.39. The first-order chi connectivity index (χ1) is 8.33. The Hall–Kier alpha value is -0.610. The van der Waals surface area contributed by atoms with Crippen LogP contribution in [0.4, 0.5) is 0 Å². The van der Waals surface area contributed by atoms with E-state index in [1.165, 1.54) is 5.56 Å². The van der Waals surface area contributed by atoms with Crippen molar-refractivity contribution >= 4 is 11.6 Å². The molecular formula is C13H20ClNO2. The average Bonchev–Trinajstić information content (AvgIpc) is 2.35. The SMILES string of the molecule is COCCCOCCNCc1ccc(Cl)cc1. The van der Waals surface area contributed by atoms with E-state index in [-0.39, 0.29) is 0 Å². The summed E-state index contributed by atoms with van der Waals surface area (Å²) in [6.45, 7) is 3.96. The topological polar surface area (TPSA) is 30.5 Å². The number of hydrogen-bond donors (Lipinski definition) is 1. The van der Waals surface area contributed by atoms with Gasteiger partial charge in [0.15, 0.2) is 0 Å². The third kappa shape index (κ3) is 7.34. The Balaban J connectivity index is 1.95. The number of rotatable bonds is 9. The Labute approximate surface area is 108 Å². The highest BCUT2D eigenvalue weighted by molar-refractivity contribution is 6.30. The van der Waals surface area contributed by atoms with Gasteiger partial charge < -0.3 is 14.8 Å². The van der Waals surface area contributed by atoms with E-state index in [2.05, 4.69) is 5.32 Å². The molecule has 0 heterocycles. The van der Waals surface area contributed by atoms with Crippen LogP contribution in [0.2, 0.25) is 5.02 Å². The summed E-state index contributed by atoms with van der Waals surface area (Å²) in [5.74, 6) is 0. The molecule has 0 aromatic heterocycles. The summed E-state index contributed by atoms with van der Waals surface area (Å²) in [6, 6.07) is 7.85. The second-order valence-corrected chi connectivity index (χ2v) is 4.20. The van der Waals surface area contributed by atoms with Crippen molar-refractivity contribution in [2.75, 3.05) is 33.5 Å². The summed E-state index contributed by atoms with van der Waals surface area (Å²) in [5, 5.41) is 4.09. The van der Waals surface area contributed by atoms with Crippen LogP contribution in [0.25, 0.3) is 0 Å². The molecule has 0 fully saturated rings. The molecule has 0 unspecified atom stereocenters. The number of nitrogens with one attached hydrogen (secondary N) is 1. The van der Waals surface area contributed by atoms with Crippen molar-refractivity contribution in [1.82, 2.24) is 5.32 Å². The second kappa shape index (κ2) is 9.42. The molecule has 0 saturated carbocycles. The van der Waals surface area contributed by atoms with Gasteiger partial charge in [-0.15, -0.1) is 0 Å². The van der Waals surface area contributed by atoms with Gasteiger partial charge >= 0.3 is 0 Å². The zero-order valence-corrected chi connectivity index (χ0v) is 11.0. The van der Waals surface area contributed by atoms with Crippen molar-refractivity contribution in [3.8, 4) is 0 Å². The summed E-state index contributed by atoms with van der Waals surface area (Å²) >= 11 is 5.81. The van der Waals surface area contributed by atoms with Gasteiger partial charge in [0, 0.05) is 38.4 Å². The molecule has 17 heavy (non-hydrogen) atoms. The van der Waals surface area contributed by atoms with Crippen LogP contribution >= 0.6 is 11.6 Å². The van der Waals surface area contributed by atoms with Gasteiger partial charge in [0.05, 0.1) is 6.61 Å². The normalized spacial score (nSPS) is 10.7. The van der Waals surface area contributed by atoms with Crippen LogP contribution in [-0.2, 0) is 16.0 Å². The number of ether oxygens (including phenoxy) is 2. The molecule has 0 aliphatic rings. The maximum Gasteiger partial charge on any atom is 0.0591 e. The largest absolute Gasteiger partial charge is 0.385 e. The van der Waals surface area contributed by atoms with Crippen LogP contribution < -0.4 is 5.32 Å². The van der Waals surface area contributed by atoms with Crippen molar-refractivity contribution in [2.45, 2.75) is 13.0 Å². The van der Waals surface area contributed by atoms with Gasteiger partial charge in [-0.3, -0.25) is 0 Å². The van der Waals surface area contributed by atoms with Gasteiger partial charge in [0.2, 0.25) is 0 Å². The lowest BCUT2D eigenvalue weighted by Crippen LogP contribution is -2.19. The first-order valence-electron chi connectivity index (χ1n) is 5.85. The van der Waals surface area contributed by atoms with Crippen molar-refractivity contribution in [3.63, 3.8) is 0 Å². The fraction of sp³-hybridized carbons (Fsp3) is 0.538. The maximum atomic E-state index is 5.81. The lowest BCUT2D eigenvalue weighted by molar-refractivity contribution is 0.104. The van der Waals surface area contributed by atoms with Crippen LogP contribution in [0.5, 0.6) is 0 Å². The van der Waals surface area contributed by atoms with E-state index in [1.807, 2.05) is 24.3 Å². The van der Waals surface area contributed by atoms with E-state index in [1.54, 1.807) is 7.11 Å². The predicted octanol–water partition coefficient (Wildman–Crippen LogP) is 2.48. The molecule has 0 saturated heterocycles. The summed E-state index contributed by atoms with van der Waals surface area (Å²) in [7, 11) is 1.70. The fourth-order valence-corrected chi connectivity index (χ4v) is 1.51. The van der Waals surface area contributed by atoms with Gasteiger partial charge in [-0.25, -0.2) is 0 Å². The predicted molar refractivity (Wildman–Crippen MR) is 70.5 cm³/mol. The van der Waals surface area contributed by atoms with Crippen molar-refractivity contribution in [3.05, 3.63) is 34.9 Å². The highest BCUT2D eigenvalue weighted by Crippen LogP contribution is 2.08. The zero-order valence-electron chi connectivity index (χ0n) is 10.2. The van der Waals surface area contributed by atoms with Crippen LogP contribution in [0.15, 0.2) is 24.3 Å². The summed E-state index contributed by atoms with van der Waals surface area (Å²) in [4.78, 5) is 0. The number of methoxy groups -OCH3 is 1. The Morgan fingerprint density at radius 3 is 2.59 bits per heavy atom. The highest BCUT2D eigenvalue weighted by Gasteiger charge is 1.93. The van der Waals surface area contributed by atoms with Crippen molar-refractivity contribution in [2.24, 2.45) is 0 Å². The van der Waals surface area contributed by atoms with Gasteiger partial charge in [0.25, 0.3) is 0 Å². The lowest BCUT2D eigenvalue weighted by atomic mass is 10.2. The first kappa shape index (κ1) is 14.5. The van der Waals surface area contributed by atoms with Crippen LogP contribution in [-0.4, -0.2) is 33.5 Å². The number of halogens is 1. The molecule has 1 aromatic rings. The summed E-state index contributed by atoms with van der Waals surface area (Å²) < 4.78 is 10.4. The van der Waals surface area contributed by atoms with E-state index in [0.717, 1.165) is 44.4 Å². The van der Waals surface area contributed by atoms with Gasteiger partial charge in [-0.1, -0.05) is 23.7 Å². The minimum absolute atomic E-state index is 0.733. The molecule has 0 spiro atoms. The van der Waals surface area contributed by atoms with Gasteiger partial charge in [0.1, 0.15) is 0 Å². The average molecular weight is 258 g/mol. The Kier molecular flexibility index (Phi) is 8.01. The van der Waals surface area contributed by atoms with Crippen molar-refractivity contribution in [1.29, 1.82) is 0 Å². The van der Waals surface area contributed by atoms with E-state index < -0.39 is 0 Å². The summed E-state index contributed by atoms with van der Waals surface area (Å²) in [6.07, 6.45) is 0.952. The van der Waals surface area contributed by atoms with E-state index in [0.29, 0.717) is 0 Å². The standard InChI is InChI=1S/C13H20ClNO2/c1-16-8-2-9-17-10-7-15-11-12-3-5-13(14)6-4-12/h3-6,15H,2,7-11H2,1H3.